The quantitative estimate of drug-likeness (QED) is 0.811. The fraction of sp³-hybridized carbons (Fsp3) is 0.667. The fourth-order valence-corrected chi connectivity index (χ4v) is 1.93. The van der Waals surface area contributed by atoms with Gasteiger partial charge in [-0.1, -0.05) is 24.9 Å². The van der Waals surface area contributed by atoms with Crippen molar-refractivity contribution >= 4 is 17.4 Å². The van der Waals surface area contributed by atoms with Gasteiger partial charge in [0.05, 0.1) is 0 Å². The molecule has 2 N–H and O–H groups in total. The molecule has 3 nitrogen and oxygen atoms in total. The zero-order chi connectivity index (χ0) is 9.42. The topological polar surface area (TPSA) is 43.8 Å². The monoisotopic (exact) mass is 199 g/mol. The molecule has 1 aromatic rings. The van der Waals surface area contributed by atoms with Crippen LogP contribution in [0, 0.1) is 11.8 Å². The largest absolute Gasteiger partial charge is 0.381 e. The van der Waals surface area contributed by atoms with Crippen molar-refractivity contribution in [1.29, 1.82) is 0 Å². The Labute approximate surface area is 82.9 Å². The van der Waals surface area contributed by atoms with E-state index in [4.69, 9.17) is 17.3 Å². The van der Waals surface area contributed by atoms with Crippen molar-refractivity contribution in [2.75, 3.05) is 5.73 Å². The van der Waals surface area contributed by atoms with Crippen molar-refractivity contribution in [2.45, 2.75) is 26.3 Å². The Bertz CT molecular complexity index is 288. The number of halogens is 1. The van der Waals surface area contributed by atoms with Crippen LogP contribution in [-0.2, 0) is 6.54 Å². The molecule has 0 bridgehead atoms. The van der Waals surface area contributed by atoms with Crippen LogP contribution in [0.2, 0.25) is 5.02 Å². The lowest BCUT2D eigenvalue weighted by atomic mass is 10.2. The third-order valence-corrected chi connectivity index (χ3v) is 3.05. The van der Waals surface area contributed by atoms with Crippen LogP contribution in [0.5, 0.6) is 0 Å². The Morgan fingerprint density at radius 3 is 2.92 bits per heavy atom. The molecule has 1 fully saturated rings. The molecular formula is C9H14ClN3. The minimum absolute atomic E-state index is 0.440. The lowest BCUT2D eigenvalue weighted by Crippen LogP contribution is -2.02. The second-order valence-corrected chi connectivity index (χ2v) is 4.16. The van der Waals surface area contributed by atoms with Gasteiger partial charge in [0.1, 0.15) is 5.02 Å². The molecule has 1 heterocycles. The molecule has 2 atom stereocenters. The third kappa shape index (κ3) is 1.80. The zero-order valence-corrected chi connectivity index (χ0v) is 8.46. The van der Waals surface area contributed by atoms with Gasteiger partial charge in [0.25, 0.3) is 0 Å². The minimum atomic E-state index is 0.440. The molecule has 72 valence electrons. The highest BCUT2D eigenvalue weighted by Gasteiger charge is 2.35. The van der Waals surface area contributed by atoms with Gasteiger partial charge in [0, 0.05) is 12.7 Å². The van der Waals surface area contributed by atoms with Crippen LogP contribution in [0.3, 0.4) is 0 Å². The third-order valence-electron chi connectivity index (χ3n) is 2.76. The lowest BCUT2D eigenvalue weighted by Gasteiger charge is -1.98. The molecule has 1 aliphatic rings. The van der Waals surface area contributed by atoms with Crippen LogP contribution < -0.4 is 5.73 Å². The highest BCUT2D eigenvalue weighted by Crippen LogP contribution is 2.42. The molecule has 0 radical (unpaired) electrons. The van der Waals surface area contributed by atoms with Gasteiger partial charge in [0.15, 0.2) is 5.82 Å². The first-order valence-electron chi connectivity index (χ1n) is 4.69. The number of hydrogen-bond donors (Lipinski definition) is 1. The molecule has 13 heavy (non-hydrogen) atoms. The van der Waals surface area contributed by atoms with E-state index in [0.717, 1.165) is 18.4 Å². The van der Waals surface area contributed by atoms with Crippen LogP contribution in [0.1, 0.15) is 19.8 Å². The van der Waals surface area contributed by atoms with Crippen molar-refractivity contribution in [1.82, 2.24) is 9.78 Å². The van der Waals surface area contributed by atoms with Crippen molar-refractivity contribution < 1.29 is 0 Å². The van der Waals surface area contributed by atoms with Gasteiger partial charge in [-0.3, -0.25) is 4.68 Å². The van der Waals surface area contributed by atoms with Gasteiger partial charge in [-0.15, -0.1) is 0 Å². The molecule has 0 aliphatic heterocycles. The molecule has 0 spiro atoms. The number of aromatic nitrogens is 2. The van der Waals surface area contributed by atoms with E-state index in [1.165, 1.54) is 12.8 Å². The van der Waals surface area contributed by atoms with E-state index < -0.39 is 0 Å². The number of nitrogen functional groups attached to an aromatic ring is 1. The molecule has 2 rings (SSSR count). The summed E-state index contributed by atoms with van der Waals surface area (Å²) in [6, 6.07) is 0. The summed E-state index contributed by atoms with van der Waals surface area (Å²) in [6.45, 7) is 3.20. The summed E-state index contributed by atoms with van der Waals surface area (Å²) < 4.78 is 1.86. The van der Waals surface area contributed by atoms with Crippen molar-refractivity contribution in [2.24, 2.45) is 11.8 Å². The van der Waals surface area contributed by atoms with Gasteiger partial charge in [-0.05, 0) is 18.3 Å². The van der Waals surface area contributed by atoms with E-state index in [0.29, 0.717) is 10.8 Å². The summed E-state index contributed by atoms with van der Waals surface area (Å²) in [5, 5.41) is 4.69. The SMILES string of the molecule is CCC1CC1Cn1cc(Cl)c(N)n1. The predicted octanol–water partition coefficient (Wildman–Crippen LogP) is 2.16. The second kappa shape index (κ2) is 3.22. The zero-order valence-electron chi connectivity index (χ0n) is 7.70. The highest BCUT2D eigenvalue weighted by atomic mass is 35.5. The Balaban J connectivity index is 1.95. The Morgan fingerprint density at radius 1 is 1.69 bits per heavy atom. The van der Waals surface area contributed by atoms with E-state index >= 15 is 0 Å². The molecule has 0 saturated heterocycles. The predicted molar refractivity (Wildman–Crippen MR) is 53.5 cm³/mol. The van der Waals surface area contributed by atoms with E-state index in [9.17, 15) is 0 Å². The summed E-state index contributed by atoms with van der Waals surface area (Å²) in [5.74, 6) is 2.12. The molecule has 1 saturated carbocycles. The fourth-order valence-electron chi connectivity index (χ4n) is 1.78. The van der Waals surface area contributed by atoms with Crippen LogP contribution in [0.15, 0.2) is 6.20 Å². The van der Waals surface area contributed by atoms with Crippen LogP contribution in [0.4, 0.5) is 5.82 Å². The highest BCUT2D eigenvalue weighted by molar-refractivity contribution is 6.32. The van der Waals surface area contributed by atoms with E-state index in [1.54, 1.807) is 0 Å². The summed E-state index contributed by atoms with van der Waals surface area (Å²) in [4.78, 5) is 0. The normalized spacial score (nSPS) is 26.3. The van der Waals surface area contributed by atoms with Gasteiger partial charge in [-0.25, -0.2) is 0 Å². The number of anilines is 1. The second-order valence-electron chi connectivity index (χ2n) is 3.75. The Kier molecular flexibility index (Phi) is 2.20. The molecule has 0 aromatic carbocycles. The van der Waals surface area contributed by atoms with E-state index in [-0.39, 0.29) is 0 Å². The molecule has 2 unspecified atom stereocenters. The van der Waals surface area contributed by atoms with Gasteiger partial charge < -0.3 is 5.73 Å². The smallest absolute Gasteiger partial charge is 0.164 e. The number of hydrogen-bond acceptors (Lipinski definition) is 2. The van der Waals surface area contributed by atoms with Gasteiger partial charge in [-0.2, -0.15) is 5.10 Å². The summed E-state index contributed by atoms with van der Waals surface area (Å²) in [6.07, 6.45) is 4.41. The molecule has 4 heteroatoms. The summed E-state index contributed by atoms with van der Waals surface area (Å²) in [5.41, 5.74) is 5.54. The van der Waals surface area contributed by atoms with Crippen LogP contribution in [-0.4, -0.2) is 9.78 Å². The average Bonchev–Trinajstić information content (AvgIpc) is 2.75. The first kappa shape index (κ1) is 8.88. The Morgan fingerprint density at radius 2 is 2.46 bits per heavy atom. The van der Waals surface area contributed by atoms with Gasteiger partial charge >= 0.3 is 0 Å². The van der Waals surface area contributed by atoms with Crippen molar-refractivity contribution in [3.05, 3.63) is 11.2 Å². The molecule has 1 aromatic heterocycles. The first-order chi connectivity index (χ1) is 6.20. The molecule has 1 aliphatic carbocycles. The number of nitrogens with two attached hydrogens (primary N) is 1. The Hall–Kier alpha value is -0.700. The minimum Gasteiger partial charge on any atom is -0.381 e. The first-order valence-corrected chi connectivity index (χ1v) is 5.07. The van der Waals surface area contributed by atoms with E-state index in [2.05, 4.69) is 12.0 Å². The van der Waals surface area contributed by atoms with Gasteiger partial charge in [0.2, 0.25) is 0 Å². The van der Waals surface area contributed by atoms with Crippen LogP contribution in [0.25, 0.3) is 0 Å². The lowest BCUT2D eigenvalue weighted by molar-refractivity contribution is 0.527. The number of nitrogens with zero attached hydrogens (tertiary/aromatic N) is 2. The van der Waals surface area contributed by atoms with Crippen LogP contribution >= 0.6 is 11.6 Å². The van der Waals surface area contributed by atoms with E-state index in [1.807, 2.05) is 10.9 Å². The maximum absolute atomic E-state index is 5.80. The summed E-state index contributed by atoms with van der Waals surface area (Å²) >= 11 is 5.80. The van der Waals surface area contributed by atoms with Crippen molar-refractivity contribution in [3.8, 4) is 0 Å². The number of rotatable bonds is 3. The molecular weight excluding hydrogens is 186 g/mol. The van der Waals surface area contributed by atoms with Crippen molar-refractivity contribution in [3.63, 3.8) is 0 Å². The summed E-state index contributed by atoms with van der Waals surface area (Å²) in [7, 11) is 0. The average molecular weight is 200 g/mol. The maximum Gasteiger partial charge on any atom is 0.164 e. The maximum atomic E-state index is 5.80. The standard InChI is InChI=1S/C9H14ClN3/c1-2-6-3-7(6)4-13-5-8(10)9(11)12-13/h5-7H,2-4H2,1H3,(H2,11,12). The molecule has 0 amide bonds.